The molecule has 1 saturated carbocycles. The van der Waals surface area contributed by atoms with Crippen molar-refractivity contribution in [3.8, 4) is 0 Å². The number of carbonyl (C=O) groups excluding carboxylic acids is 3. The topological polar surface area (TPSA) is 72.5 Å². The molecule has 0 aromatic heterocycles. The van der Waals surface area contributed by atoms with E-state index in [0.717, 1.165) is 12.8 Å². The summed E-state index contributed by atoms with van der Waals surface area (Å²) in [5, 5.41) is 3.01. The highest BCUT2D eigenvalue weighted by molar-refractivity contribution is 5.92. The number of ether oxygens (including phenoxy) is 1. The van der Waals surface area contributed by atoms with Gasteiger partial charge in [0.1, 0.15) is 6.29 Å². The predicted molar refractivity (Wildman–Crippen MR) is 90.8 cm³/mol. The van der Waals surface area contributed by atoms with Crippen molar-refractivity contribution in [3.05, 3.63) is 35.4 Å². The molecule has 0 unspecified atom stereocenters. The van der Waals surface area contributed by atoms with Gasteiger partial charge in [0, 0.05) is 11.6 Å². The molecule has 1 aliphatic carbocycles. The van der Waals surface area contributed by atoms with Crippen LogP contribution in [-0.4, -0.2) is 30.3 Å². The van der Waals surface area contributed by atoms with Crippen LogP contribution in [0, 0.1) is 11.8 Å². The summed E-state index contributed by atoms with van der Waals surface area (Å²) >= 11 is 0. The Labute approximate surface area is 142 Å². The third kappa shape index (κ3) is 4.43. The summed E-state index contributed by atoms with van der Waals surface area (Å²) in [5.41, 5.74) is 0.803. The molecule has 1 aromatic carbocycles. The van der Waals surface area contributed by atoms with Crippen LogP contribution in [0.15, 0.2) is 24.3 Å². The maximum Gasteiger partial charge on any atom is 0.338 e. The maximum atomic E-state index is 12.3. The number of rotatable bonds is 5. The maximum absolute atomic E-state index is 12.3. The average molecular weight is 331 g/mol. The van der Waals surface area contributed by atoms with Crippen LogP contribution in [0.1, 0.15) is 60.7 Å². The molecule has 4 atom stereocenters. The zero-order chi connectivity index (χ0) is 17.7. The Morgan fingerprint density at radius 1 is 1.21 bits per heavy atom. The van der Waals surface area contributed by atoms with Gasteiger partial charge in [0.15, 0.2) is 6.10 Å². The Hall–Kier alpha value is -2.17. The zero-order valence-electron chi connectivity index (χ0n) is 14.5. The number of nitrogens with one attached hydrogen (secondary N) is 1. The second-order valence-corrected chi connectivity index (χ2v) is 6.67. The van der Waals surface area contributed by atoms with Gasteiger partial charge in [0.2, 0.25) is 0 Å². The lowest BCUT2D eigenvalue weighted by Gasteiger charge is -2.35. The van der Waals surface area contributed by atoms with Gasteiger partial charge < -0.3 is 10.1 Å². The molecule has 0 spiro atoms. The fourth-order valence-corrected chi connectivity index (χ4v) is 3.07. The van der Waals surface area contributed by atoms with Gasteiger partial charge in [0.05, 0.1) is 5.56 Å². The molecule has 130 valence electrons. The Kier molecular flexibility index (Phi) is 6.12. The van der Waals surface area contributed by atoms with Crippen LogP contribution in [0.2, 0.25) is 0 Å². The molecule has 0 heterocycles. The molecule has 0 aliphatic heterocycles. The van der Waals surface area contributed by atoms with Crippen molar-refractivity contribution in [3.63, 3.8) is 0 Å². The first kappa shape index (κ1) is 18.2. The fraction of sp³-hybridized carbons (Fsp3) is 0.526. The summed E-state index contributed by atoms with van der Waals surface area (Å²) < 4.78 is 5.24. The van der Waals surface area contributed by atoms with Crippen molar-refractivity contribution < 1.29 is 19.1 Å². The summed E-state index contributed by atoms with van der Waals surface area (Å²) in [6.45, 7) is 5.93. The molecule has 0 saturated heterocycles. The Morgan fingerprint density at radius 3 is 2.50 bits per heavy atom. The molecule has 0 bridgehead atoms. The average Bonchev–Trinajstić information content (AvgIpc) is 2.58. The summed E-state index contributed by atoms with van der Waals surface area (Å²) in [5.74, 6) is 0.165. The van der Waals surface area contributed by atoms with Crippen molar-refractivity contribution in [1.29, 1.82) is 0 Å². The minimum atomic E-state index is -0.854. The Balaban J connectivity index is 1.90. The molecule has 24 heavy (non-hydrogen) atoms. The van der Waals surface area contributed by atoms with Gasteiger partial charge in [-0.3, -0.25) is 9.59 Å². The first-order valence-electron chi connectivity index (χ1n) is 8.49. The van der Waals surface area contributed by atoms with Crippen LogP contribution in [0.3, 0.4) is 0 Å². The van der Waals surface area contributed by atoms with E-state index in [9.17, 15) is 14.4 Å². The van der Waals surface area contributed by atoms with E-state index >= 15 is 0 Å². The lowest BCUT2D eigenvalue weighted by atomic mass is 9.78. The summed E-state index contributed by atoms with van der Waals surface area (Å²) in [7, 11) is 0. The zero-order valence-corrected chi connectivity index (χ0v) is 14.5. The highest BCUT2D eigenvalue weighted by atomic mass is 16.5. The number of carbonyl (C=O) groups is 3. The minimum absolute atomic E-state index is 0.134. The van der Waals surface area contributed by atoms with Crippen LogP contribution in [0.5, 0.6) is 0 Å². The summed E-state index contributed by atoms with van der Waals surface area (Å²) in [6, 6.07) is 6.25. The SMILES string of the molecule is C[C@H]1[C@@H](NC(=O)[C@@H](C)OC(=O)c2ccc(C=O)cc2)CCC[C@@H]1C. The van der Waals surface area contributed by atoms with Gasteiger partial charge in [-0.2, -0.15) is 0 Å². The van der Waals surface area contributed by atoms with Crippen molar-refractivity contribution in [1.82, 2.24) is 5.32 Å². The number of hydrogen-bond donors (Lipinski definition) is 1. The first-order valence-corrected chi connectivity index (χ1v) is 8.49. The lowest BCUT2D eigenvalue weighted by molar-refractivity contribution is -0.130. The van der Waals surface area contributed by atoms with E-state index in [0.29, 0.717) is 29.2 Å². The Bertz CT molecular complexity index is 596. The van der Waals surface area contributed by atoms with Crippen molar-refractivity contribution in [2.24, 2.45) is 11.8 Å². The molecule has 1 N–H and O–H groups in total. The quantitative estimate of drug-likeness (QED) is 0.665. The van der Waals surface area contributed by atoms with Crippen LogP contribution in [-0.2, 0) is 9.53 Å². The highest BCUT2D eigenvalue weighted by Gasteiger charge is 2.30. The summed E-state index contributed by atoms with van der Waals surface area (Å²) in [4.78, 5) is 35.0. The molecule has 2 rings (SSSR count). The van der Waals surface area contributed by atoms with E-state index in [-0.39, 0.29) is 11.9 Å². The van der Waals surface area contributed by atoms with E-state index in [1.807, 2.05) is 0 Å². The van der Waals surface area contributed by atoms with E-state index in [2.05, 4.69) is 19.2 Å². The lowest BCUT2D eigenvalue weighted by Crippen LogP contribution is -2.47. The number of esters is 1. The predicted octanol–water partition coefficient (Wildman–Crippen LogP) is 2.99. The molecule has 0 radical (unpaired) electrons. The molecule has 1 amide bonds. The number of hydrogen-bond acceptors (Lipinski definition) is 4. The monoisotopic (exact) mass is 331 g/mol. The minimum Gasteiger partial charge on any atom is -0.449 e. The Morgan fingerprint density at radius 2 is 1.88 bits per heavy atom. The first-order chi connectivity index (χ1) is 11.4. The molecule has 5 heteroatoms. The van der Waals surface area contributed by atoms with E-state index in [1.165, 1.54) is 18.6 Å². The number of aldehydes is 1. The molecule has 1 aromatic rings. The van der Waals surface area contributed by atoms with Gasteiger partial charge in [0.25, 0.3) is 5.91 Å². The van der Waals surface area contributed by atoms with E-state index in [4.69, 9.17) is 4.74 Å². The van der Waals surface area contributed by atoms with Gasteiger partial charge >= 0.3 is 5.97 Å². The smallest absolute Gasteiger partial charge is 0.338 e. The van der Waals surface area contributed by atoms with Crippen molar-refractivity contribution in [2.45, 2.75) is 52.2 Å². The highest BCUT2D eigenvalue weighted by Crippen LogP contribution is 2.29. The van der Waals surface area contributed by atoms with Crippen LogP contribution >= 0.6 is 0 Å². The normalized spacial score (nSPS) is 24.7. The molecule has 1 fully saturated rings. The van der Waals surface area contributed by atoms with E-state index < -0.39 is 12.1 Å². The second kappa shape index (κ2) is 8.08. The standard InChI is InChI=1S/C19H25NO4/c1-12-5-4-6-17(13(12)2)20-18(22)14(3)24-19(23)16-9-7-15(11-21)8-10-16/h7-14,17H,4-6H2,1-3H3,(H,20,22)/t12-,13+,14+,17-/m0/s1. The van der Waals surface area contributed by atoms with Crippen LogP contribution in [0.4, 0.5) is 0 Å². The molecular weight excluding hydrogens is 306 g/mol. The second-order valence-electron chi connectivity index (χ2n) is 6.67. The van der Waals surface area contributed by atoms with Gasteiger partial charge in [-0.15, -0.1) is 0 Å². The van der Waals surface area contributed by atoms with Crippen molar-refractivity contribution >= 4 is 18.2 Å². The molecule has 5 nitrogen and oxygen atoms in total. The number of benzene rings is 1. The number of amides is 1. The molecule has 1 aliphatic rings. The van der Waals surface area contributed by atoms with Gasteiger partial charge in [-0.1, -0.05) is 38.8 Å². The van der Waals surface area contributed by atoms with Crippen LogP contribution < -0.4 is 5.32 Å². The van der Waals surface area contributed by atoms with Crippen molar-refractivity contribution in [2.75, 3.05) is 0 Å². The van der Waals surface area contributed by atoms with Gasteiger partial charge in [-0.05, 0) is 37.3 Å². The molecular formula is C19H25NO4. The largest absolute Gasteiger partial charge is 0.449 e. The van der Waals surface area contributed by atoms with Crippen LogP contribution in [0.25, 0.3) is 0 Å². The third-order valence-corrected chi connectivity index (χ3v) is 4.97. The fourth-order valence-electron chi connectivity index (χ4n) is 3.07. The van der Waals surface area contributed by atoms with E-state index in [1.54, 1.807) is 19.1 Å². The summed E-state index contributed by atoms with van der Waals surface area (Å²) in [6.07, 6.45) is 3.11. The van der Waals surface area contributed by atoms with Gasteiger partial charge in [-0.25, -0.2) is 4.79 Å². The third-order valence-electron chi connectivity index (χ3n) is 4.97.